The van der Waals surface area contributed by atoms with Crippen LogP contribution in [-0.2, 0) is 28.5 Å². The average molecular weight is 731 g/mol. The van der Waals surface area contributed by atoms with Crippen LogP contribution in [-0.4, -0.2) is 76.8 Å². The highest BCUT2D eigenvalue weighted by Gasteiger charge is 2.61. The molecule has 2 N–H and O–H groups in total. The number of hydrogen-bond donors (Lipinski definition) is 2. The minimum Gasteiger partial charge on any atom is -0.462 e. The molecule has 0 radical (unpaired) electrons. The zero-order valence-corrected chi connectivity index (χ0v) is 32.5. The molecule has 0 unspecified atom stereocenters. The van der Waals surface area contributed by atoms with Crippen molar-refractivity contribution < 1.29 is 43.5 Å². The zero-order valence-electron chi connectivity index (χ0n) is 32.5. The summed E-state index contributed by atoms with van der Waals surface area (Å²) in [6.07, 6.45) is 10.2. The van der Waals surface area contributed by atoms with Gasteiger partial charge in [0, 0.05) is 25.2 Å². The van der Waals surface area contributed by atoms with Gasteiger partial charge in [-0.25, -0.2) is 4.79 Å². The monoisotopic (exact) mass is 730 g/mol. The summed E-state index contributed by atoms with van der Waals surface area (Å²) >= 11 is 0. The summed E-state index contributed by atoms with van der Waals surface area (Å²) in [4.78, 5) is 27.8. The molecule has 1 spiro atoms. The van der Waals surface area contributed by atoms with Crippen LogP contribution < -0.4 is 0 Å². The lowest BCUT2D eigenvalue weighted by molar-refractivity contribution is -0.342. The summed E-state index contributed by atoms with van der Waals surface area (Å²) in [5.74, 6) is -3.10. The van der Waals surface area contributed by atoms with Crippen molar-refractivity contribution in [1.29, 1.82) is 0 Å². The highest BCUT2D eigenvalue weighted by Crippen LogP contribution is 2.48. The first-order chi connectivity index (χ1) is 25.1. The van der Waals surface area contributed by atoms with Crippen LogP contribution in [0, 0.1) is 30.6 Å². The van der Waals surface area contributed by atoms with Gasteiger partial charge in [-0.2, -0.15) is 0 Å². The van der Waals surface area contributed by atoms with E-state index in [1.54, 1.807) is 25.1 Å². The standard InChI is InChI=1S/C44H58O9/c1-25(2)18-29(6)38-31(8)37(45)23-43(53-38)22-35-21-34(52-43)17-14-28(5)19-27(4)10-9-11-33-24-49-40-39(51-41(46)32-15-12-26(3)13-16-32)30(7)20-36(42(47)50-35)44(33,40)48/h9-16,18,20,25,27,31,34-40,45,48H,17,19,21-24H2,1-8H3/b10-9+,28-14+,29-18+,33-11+/t27-,31-,34+,35-,36-,37-,38+,39+,40+,43-,44+/m0/s1. The maximum Gasteiger partial charge on any atom is 0.338 e. The number of aliphatic hydroxyl groups excluding tert-OH is 1. The molecule has 0 amide bonds. The minimum atomic E-state index is -1.84. The summed E-state index contributed by atoms with van der Waals surface area (Å²) < 4.78 is 32.3. The van der Waals surface area contributed by atoms with Crippen LogP contribution in [0.4, 0.5) is 0 Å². The van der Waals surface area contributed by atoms with Crippen LogP contribution in [0.1, 0.15) is 96.5 Å². The van der Waals surface area contributed by atoms with Crippen molar-refractivity contribution in [1.82, 2.24) is 0 Å². The SMILES string of the molecule is CC1=C[C@H]2C(=O)O[C@H]3C[C@@H](C/C=C(\C)C[C@@H](C)/C=C/C=C4\CO[C@H]([C@@H]1OC(=O)c1ccc(C)cc1)[C@@]42O)O[C@]1(C3)C[C@H](O)[C@H](C)[C@@H](/C(C)=C/C(C)C)O1. The Labute approximate surface area is 314 Å². The van der Waals surface area contributed by atoms with Gasteiger partial charge in [-0.1, -0.05) is 87.4 Å². The van der Waals surface area contributed by atoms with Crippen LogP contribution in [0.2, 0.25) is 0 Å². The van der Waals surface area contributed by atoms with Gasteiger partial charge in [0.05, 0.1) is 30.5 Å². The first-order valence-corrected chi connectivity index (χ1v) is 19.3. The molecule has 4 heterocycles. The number of ether oxygens (including phenoxy) is 5. The Morgan fingerprint density at radius 3 is 2.51 bits per heavy atom. The molecule has 5 aliphatic rings. The Balaban J connectivity index is 1.36. The van der Waals surface area contributed by atoms with Crippen LogP contribution in [0.5, 0.6) is 0 Å². The Hall–Kier alpha value is -3.34. The number of rotatable bonds is 4. The number of hydrogen-bond acceptors (Lipinski definition) is 9. The summed E-state index contributed by atoms with van der Waals surface area (Å²) in [5, 5.41) is 24.1. The molecule has 1 aromatic rings. The Morgan fingerprint density at radius 1 is 1.06 bits per heavy atom. The molecule has 6 rings (SSSR count). The number of carbonyl (C=O) groups excluding carboxylic acids is 2. The molecule has 1 aliphatic carbocycles. The Bertz CT molecular complexity index is 1680. The summed E-state index contributed by atoms with van der Waals surface area (Å²) in [5.41, 5.74) is 2.90. The van der Waals surface area contributed by atoms with E-state index in [-0.39, 0.29) is 43.5 Å². The Morgan fingerprint density at radius 2 is 1.79 bits per heavy atom. The molecular formula is C44H58O9. The van der Waals surface area contributed by atoms with Gasteiger partial charge in [0.2, 0.25) is 0 Å². The normalized spacial score (nSPS) is 40.7. The first kappa shape index (κ1) is 39.4. The molecule has 1 aromatic carbocycles. The van der Waals surface area contributed by atoms with E-state index >= 15 is 0 Å². The third kappa shape index (κ3) is 8.35. The van der Waals surface area contributed by atoms with Crippen molar-refractivity contribution in [2.24, 2.45) is 23.7 Å². The number of fused-ring (bicyclic) bond motifs is 2. The van der Waals surface area contributed by atoms with E-state index in [2.05, 4.69) is 45.9 Å². The van der Waals surface area contributed by atoms with Gasteiger partial charge in [0.1, 0.15) is 23.7 Å². The molecule has 53 heavy (non-hydrogen) atoms. The predicted molar refractivity (Wildman–Crippen MR) is 202 cm³/mol. The van der Waals surface area contributed by atoms with Crippen LogP contribution in [0.15, 0.2) is 83.0 Å². The highest BCUT2D eigenvalue weighted by atomic mass is 16.7. The van der Waals surface area contributed by atoms with Crippen LogP contribution in [0.25, 0.3) is 0 Å². The van der Waals surface area contributed by atoms with Crippen molar-refractivity contribution >= 4 is 11.9 Å². The number of esters is 2. The van der Waals surface area contributed by atoms with Crippen molar-refractivity contribution in [2.75, 3.05) is 6.61 Å². The van der Waals surface area contributed by atoms with Gasteiger partial charge < -0.3 is 33.9 Å². The van der Waals surface area contributed by atoms with Crippen LogP contribution in [0.3, 0.4) is 0 Å². The number of aryl methyl sites for hydroxylation is 1. The predicted octanol–water partition coefficient (Wildman–Crippen LogP) is 7.26. The van der Waals surface area contributed by atoms with E-state index in [0.717, 1.165) is 17.6 Å². The molecule has 288 valence electrons. The molecule has 11 atom stereocenters. The smallest absolute Gasteiger partial charge is 0.338 e. The molecule has 3 saturated heterocycles. The van der Waals surface area contributed by atoms with Crippen molar-refractivity contribution in [3.63, 3.8) is 0 Å². The lowest BCUT2D eigenvalue weighted by Crippen LogP contribution is -2.60. The van der Waals surface area contributed by atoms with E-state index in [1.165, 1.54) is 5.57 Å². The second-order valence-electron chi connectivity index (χ2n) is 16.7. The fourth-order valence-corrected chi connectivity index (χ4v) is 8.86. The second kappa shape index (κ2) is 15.8. The largest absolute Gasteiger partial charge is 0.462 e. The van der Waals surface area contributed by atoms with E-state index in [1.807, 2.05) is 45.1 Å². The lowest BCUT2D eigenvalue weighted by Gasteiger charge is -2.51. The maximum absolute atomic E-state index is 14.5. The summed E-state index contributed by atoms with van der Waals surface area (Å²) in [6.45, 7) is 16.3. The third-order valence-electron chi connectivity index (χ3n) is 11.6. The second-order valence-corrected chi connectivity index (χ2v) is 16.7. The summed E-state index contributed by atoms with van der Waals surface area (Å²) in [7, 11) is 0. The number of carbonyl (C=O) groups is 2. The van der Waals surface area contributed by atoms with E-state index in [4.69, 9.17) is 23.7 Å². The lowest BCUT2D eigenvalue weighted by atomic mass is 9.70. The number of allylic oxidation sites excluding steroid dienone is 5. The molecule has 9 nitrogen and oxygen atoms in total. The minimum absolute atomic E-state index is 0.0549. The van der Waals surface area contributed by atoms with Gasteiger partial charge in [0.25, 0.3) is 0 Å². The van der Waals surface area contributed by atoms with Gasteiger partial charge in [0.15, 0.2) is 11.9 Å². The molecule has 4 aliphatic heterocycles. The fraction of sp³-hybridized carbons (Fsp3) is 0.591. The van der Waals surface area contributed by atoms with E-state index < -0.39 is 53.7 Å². The van der Waals surface area contributed by atoms with E-state index in [9.17, 15) is 19.8 Å². The third-order valence-corrected chi connectivity index (χ3v) is 11.6. The number of benzene rings is 1. The molecule has 0 saturated carbocycles. The highest BCUT2D eigenvalue weighted by molar-refractivity contribution is 5.90. The van der Waals surface area contributed by atoms with Crippen molar-refractivity contribution in [3.8, 4) is 0 Å². The van der Waals surface area contributed by atoms with Gasteiger partial charge in [-0.3, -0.25) is 4.79 Å². The maximum atomic E-state index is 14.5. The van der Waals surface area contributed by atoms with Crippen molar-refractivity contribution in [3.05, 3.63) is 94.1 Å². The zero-order chi connectivity index (χ0) is 38.2. The van der Waals surface area contributed by atoms with E-state index in [0.29, 0.717) is 35.5 Å². The molecule has 2 bridgehead atoms. The first-order valence-electron chi connectivity index (χ1n) is 19.3. The van der Waals surface area contributed by atoms with Gasteiger partial charge >= 0.3 is 11.9 Å². The van der Waals surface area contributed by atoms with Crippen LogP contribution >= 0.6 is 0 Å². The topological polar surface area (TPSA) is 121 Å². The van der Waals surface area contributed by atoms with Gasteiger partial charge in [-0.05, 0) is 81.2 Å². The number of aliphatic hydroxyl groups is 2. The molecule has 3 fully saturated rings. The molecule has 0 aromatic heterocycles. The fourth-order valence-electron chi connectivity index (χ4n) is 8.86. The summed E-state index contributed by atoms with van der Waals surface area (Å²) in [6, 6.07) is 7.09. The Kier molecular flexibility index (Phi) is 11.7. The van der Waals surface area contributed by atoms with Crippen molar-refractivity contribution in [2.45, 2.75) is 136 Å². The average Bonchev–Trinajstić information content (AvgIpc) is 3.42. The molecule has 9 heteroatoms. The van der Waals surface area contributed by atoms with Gasteiger partial charge in [-0.15, -0.1) is 0 Å². The quantitative estimate of drug-likeness (QED) is 0.244. The molecular weight excluding hydrogens is 672 g/mol.